The van der Waals surface area contributed by atoms with Gasteiger partial charge in [-0.05, 0) is 44.2 Å². The molecule has 0 spiro atoms. The largest absolute Gasteiger partial charge is 0.348 e. The summed E-state index contributed by atoms with van der Waals surface area (Å²) in [5.74, 6) is 0. The Morgan fingerprint density at radius 3 is 2.85 bits per heavy atom. The van der Waals surface area contributed by atoms with Crippen LogP contribution < -0.4 is 0 Å². The summed E-state index contributed by atoms with van der Waals surface area (Å²) >= 11 is 0. The first-order valence-corrected chi connectivity index (χ1v) is 6.81. The lowest BCUT2D eigenvalue weighted by molar-refractivity contribution is 0.533. The van der Waals surface area contributed by atoms with E-state index in [0.29, 0.717) is 0 Å². The number of hydrogen-bond acceptors (Lipinski definition) is 2. The minimum Gasteiger partial charge on any atom is -0.348 e. The molecule has 1 aromatic carbocycles. The fourth-order valence-electron chi connectivity index (χ4n) is 2.39. The summed E-state index contributed by atoms with van der Waals surface area (Å²) in [6.07, 6.45) is 12.5. The van der Waals surface area contributed by atoms with Crippen LogP contribution >= 0.6 is 0 Å². The highest BCUT2D eigenvalue weighted by Gasteiger charge is 2.11. The Morgan fingerprint density at radius 2 is 2.00 bits per heavy atom. The fourth-order valence-corrected chi connectivity index (χ4v) is 2.39. The molecule has 0 N–H and O–H groups in total. The molecular weight excluding hydrogens is 244 g/mol. The first kappa shape index (κ1) is 12.7. The molecule has 2 aliphatic heterocycles. The van der Waals surface area contributed by atoms with Crippen LogP contribution in [0.4, 0.5) is 5.69 Å². The SMILES string of the molecule is CC1=CC=C/C(=C/C=C2/C=Nc3ccc(C)cc32)N1C. The second kappa shape index (κ2) is 4.97. The Bertz CT molecular complexity index is 700. The maximum Gasteiger partial charge on any atom is 0.0708 e. The fraction of sp³-hybridized carbons (Fsp3) is 0.167. The molecule has 0 atom stereocenters. The van der Waals surface area contributed by atoms with Gasteiger partial charge >= 0.3 is 0 Å². The smallest absolute Gasteiger partial charge is 0.0708 e. The van der Waals surface area contributed by atoms with Crippen LogP contribution in [0.15, 0.2) is 65.0 Å². The third-order valence-electron chi connectivity index (χ3n) is 3.76. The van der Waals surface area contributed by atoms with E-state index in [0.717, 1.165) is 5.69 Å². The van der Waals surface area contributed by atoms with Gasteiger partial charge in [-0.1, -0.05) is 23.8 Å². The monoisotopic (exact) mass is 262 g/mol. The average Bonchev–Trinajstić information content (AvgIpc) is 2.83. The van der Waals surface area contributed by atoms with Crippen molar-refractivity contribution in [1.82, 2.24) is 4.90 Å². The lowest BCUT2D eigenvalue weighted by atomic mass is 10.0. The van der Waals surface area contributed by atoms with E-state index in [1.165, 1.54) is 28.1 Å². The van der Waals surface area contributed by atoms with Crippen molar-refractivity contribution in [1.29, 1.82) is 0 Å². The molecule has 2 aliphatic rings. The van der Waals surface area contributed by atoms with E-state index < -0.39 is 0 Å². The first-order chi connectivity index (χ1) is 9.65. The molecule has 0 aromatic heterocycles. The number of benzene rings is 1. The summed E-state index contributed by atoms with van der Waals surface area (Å²) in [7, 11) is 2.08. The zero-order valence-electron chi connectivity index (χ0n) is 12.1. The van der Waals surface area contributed by atoms with Crippen LogP contribution in [0, 0.1) is 6.92 Å². The minimum atomic E-state index is 1.06. The highest BCUT2D eigenvalue weighted by Crippen LogP contribution is 2.32. The number of likely N-dealkylation sites (N-methyl/N-ethyl adjacent to an activating group) is 1. The zero-order chi connectivity index (χ0) is 14.1. The third-order valence-corrected chi connectivity index (χ3v) is 3.76. The number of aryl methyl sites for hydroxylation is 1. The maximum absolute atomic E-state index is 4.45. The standard InChI is InChI=1S/C18H18N2/c1-13-7-10-18-17(11-13)15(12-19-18)8-9-16-6-4-5-14(2)20(16)3/h4-12H,1-3H3/b15-8-,16-9-. The minimum absolute atomic E-state index is 1.06. The second-order valence-electron chi connectivity index (χ2n) is 5.22. The molecule has 0 saturated carbocycles. The summed E-state index contributed by atoms with van der Waals surface area (Å²) in [4.78, 5) is 6.63. The van der Waals surface area contributed by atoms with Crippen molar-refractivity contribution in [2.24, 2.45) is 4.99 Å². The van der Waals surface area contributed by atoms with E-state index in [9.17, 15) is 0 Å². The molecule has 0 amide bonds. The molecular formula is C18H18N2. The quantitative estimate of drug-likeness (QED) is 0.733. The van der Waals surface area contributed by atoms with Gasteiger partial charge in [0.05, 0.1) is 5.69 Å². The third kappa shape index (κ3) is 2.25. The van der Waals surface area contributed by atoms with Crippen LogP contribution in [0.3, 0.4) is 0 Å². The van der Waals surface area contributed by atoms with Crippen LogP contribution in [0.25, 0.3) is 5.57 Å². The molecule has 1 aromatic rings. The molecule has 0 fully saturated rings. The number of hydrogen-bond donors (Lipinski definition) is 0. The number of aliphatic imine (C=N–C) groups is 1. The van der Waals surface area contributed by atoms with Gasteiger partial charge in [-0.25, -0.2) is 0 Å². The number of fused-ring (bicyclic) bond motifs is 1. The van der Waals surface area contributed by atoms with Crippen molar-refractivity contribution < 1.29 is 0 Å². The van der Waals surface area contributed by atoms with Crippen LogP contribution in [-0.4, -0.2) is 18.2 Å². The molecule has 3 rings (SSSR count). The van der Waals surface area contributed by atoms with Crippen molar-refractivity contribution in [2.75, 3.05) is 7.05 Å². The normalized spacial score (nSPS) is 20.8. The molecule has 2 heterocycles. The highest BCUT2D eigenvalue weighted by atomic mass is 15.1. The van der Waals surface area contributed by atoms with Crippen LogP contribution in [-0.2, 0) is 0 Å². The Labute approximate surface area is 120 Å². The maximum atomic E-state index is 4.45. The number of allylic oxidation sites excluding steroid dienone is 7. The van der Waals surface area contributed by atoms with E-state index >= 15 is 0 Å². The van der Waals surface area contributed by atoms with E-state index in [1.807, 2.05) is 6.21 Å². The summed E-state index contributed by atoms with van der Waals surface area (Å²) in [6.45, 7) is 4.22. The van der Waals surface area contributed by atoms with Crippen molar-refractivity contribution in [3.63, 3.8) is 0 Å². The van der Waals surface area contributed by atoms with E-state index in [1.54, 1.807) is 0 Å². The lowest BCUT2D eigenvalue weighted by Gasteiger charge is -2.23. The lowest BCUT2D eigenvalue weighted by Crippen LogP contribution is -2.15. The van der Waals surface area contributed by atoms with Gasteiger partial charge in [0.1, 0.15) is 0 Å². The van der Waals surface area contributed by atoms with Crippen LogP contribution in [0.1, 0.15) is 18.1 Å². The second-order valence-corrected chi connectivity index (χ2v) is 5.22. The Kier molecular flexibility index (Phi) is 3.15. The molecule has 100 valence electrons. The molecule has 2 heteroatoms. The molecule has 0 radical (unpaired) electrons. The average molecular weight is 262 g/mol. The summed E-state index contributed by atoms with van der Waals surface area (Å²) in [6, 6.07) is 6.37. The van der Waals surface area contributed by atoms with Gasteiger partial charge in [0, 0.05) is 35.8 Å². The van der Waals surface area contributed by atoms with E-state index in [2.05, 4.69) is 79.4 Å². The van der Waals surface area contributed by atoms with Crippen LogP contribution in [0.5, 0.6) is 0 Å². The molecule has 0 aliphatic carbocycles. The van der Waals surface area contributed by atoms with Gasteiger partial charge in [0.2, 0.25) is 0 Å². The molecule has 0 unspecified atom stereocenters. The van der Waals surface area contributed by atoms with Crippen molar-refractivity contribution in [3.05, 3.63) is 71.1 Å². The van der Waals surface area contributed by atoms with Gasteiger partial charge < -0.3 is 4.90 Å². The molecule has 2 nitrogen and oxygen atoms in total. The van der Waals surface area contributed by atoms with E-state index in [-0.39, 0.29) is 0 Å². The van der Waals surface area contributed by atoms with E-state index in [4.69, 9.17) is 0 Å². The van der Waals surface area contributed by atoms with Gasteiger partial charge in [0.15, 0.2) is 0 Å². The van der Waals surface area contributed by atoms with Crippen LogP contribution in [0.2, 0.25) is 0 Å². The number of nitrogens with zero attached hydrogens (tertiary/aromatic N) is 2. The Balaban J connectivity index is 1.93. The highest BCUT2D eigenvalue weighted by molar-refractivity contribution is 6.16. The predicted molar refractivity (Wildman–Crippen MR) is 86.1 cm³/mol. The van der Waals surface area contributed by atoms with Crippen molar-refractivity contribution >= 4 is 17.5 Å². The van der Waals surface area contributed by atoms with Gasteiger partial charge in [-0.3, -0.25) is 4.99 Å². The summed E-state index contributed by atoms with van der Waals surface area (Å²) in [5.41, 5.74) is 7.15. The van der Waals surface area contributed by atoms with Crippen molar-refractivity contribution in [3.8, 4) is 0 Å². The topological polar surface area (TPSA) is 15.6 Å². The van der Waals surface area contributed by atoms with Crippen molar-refractivity contribution in [2.45, 2.75) is 13.8 Å². The Morgan fingerprint density at radius 1 is 1.15 bits per heavy atom. The summed E-state index contributed by atoms with van der Waals surface area (Å²) in [5, 5.41) is 0. The zero-order valence-corrected chi connectivity index (χ0v) is 12.1. The molecule has 0 bridgehead atoms. The van der Waals surface area contributed by atoms with Gasteiger partial charge in [-0.15, -0.1) is 0 Å². The van der Waals surface area contributed by atoms with Gasteiger partial charge in [-0.2, -0.15) is 0 Å². The molecule has 0 saturated heterocycles. The van der Waals surface area contributed by atoms with Gasteiger partial charge in [0.25, 0.3) is 0 Å². The first-order valence-electron chi connectivity index (χ1n) is 6.81. The molecule has 20 heavy (non-hydrogen) atoms. The Hall–Kier alpha value is -2.35. The predicted octanol–water partition coefficient (Wildman–Crippen LogP) is 4.38. The summed E-state index contributed by atoms with van der Waals surface area (Å²) < 4.78 is 0. The number of rotatable bonds is 1.